The standard InChI is InChI=1S/C19H23N5O4/c1-12-14(4-9-27-12)16-11-18(24(22-16)7-8-25)21-19(26)17-10-15(23-28-17)13-2-5-20-6-3-13/h4,9-11,13,20,25H,2-3,5-8H2,1H3,(H,21,26). The molecule has 0 spiro atoms. The predicted octanol–water partition coefficient (Wildman–Crippen LogP) is 2.15. The van der Waals surface area contributed by atoms with Gasteiger partial charge in [-0.25, -0.2) is 4.68 Å². The van der Waals surface area contributed by atoms with E-state index in [0.29, 0.717) is 17.4 Å². The van der Waals surface area contributed by atoms with E-state index in [1.807, 2.05) is 13.0 Å². The van der Waals surface area contributed by atoms with Gasteiger partial charge in [-0.2, -0.15) is 5.10 Å². The quantitative estimate of drug-likeness (QED) is 0.595. The van der Waals surface area contributed by atoms with E-state index in [4.69, 9.17) is 8.94 Å². The second-order valence-electron chi connectivity index (χ2n) is 6.85. The first-order valence-electron chi connectivity index (χ1n) is 9.37. The molecule has 0 radical (unpaired) electrons. The highest BCUT2D eigenvalue weighted by molar-refractivity contribution is 6.02. The van der Waals surface area contributed by atoms with Crippen molar-refractivity contribution in [3.8, 4) is 11.3 Å². The third-order valence-electron chi connectivity index (χ3n) is 4.98. The second kappa shape index (κ2) is 7.99. The minimum Gasteiger partial charge on any atom is -0.469 e. The lowest BCUT2D eigenvalue weighted by molar-refractivity contribution is 0.0986. The van der Waals surface area contributed by atoms with Crippen molar-refractivity contribution in [3.05, 3.63) is 41.7 Å². The Balaban J connectivity index is 1.53. The lowest BCUT2D eigenvalue weighted by atomic mass is 9.94. The number of aryl methyl sites for hydroxylation is 1. The van der Waals surface area contributed by atoms with Crippen LogP contribution in [0.5, 0.6) is 0 Å². The number of nitrogens with zero attached hydrogens (tertiary/aromatic N) is 3. The van der Waals surface area contributed by atoms with E-state index < -0.39 is 5.91 Å². The fourth-order valence-electron chi connectivity index (χ4n) is 3.45. The lowest BCUT2D eigenvalue weighted by Gasteiger charge is -2.19. The largest absolute Gasteiger partial charge is 0.469 e. The monoisotopic (exact) mass is 385 g/mol. The minimum atomic E-state index is -0.401. The summed E-state index contributed by atoms with van der Waals surface area (Å²) in [4.78, 5) is 12.7. The maximum absolute atomic E-state index is 12.7. The molecule has 3 aromatic heterocycles. The summed E-state index contributed by atoms with van der Waals surface area (Å²) in [5.41, 5.74) is 2.30. The zero-order valence-corrected chi connectivity index (χ0v) is 15.6. The van der Waals surface area contributed by atoms with Gasteiger partial charge in [-0.05, 0) is 38.9 Å². The number of amides is 1. The number of aliphatic hydroxyl groups is 1. The number of aliphatic hydroxyl groups excluding tert-OH is 1. The van der Waals surface area contributed by atoms with Gasteiger partial charge in [0, 0.05) is 23.6 Å². The summed E-state index contributed by atoms with van der Waals surface area (Å²) in [5, 5.41) is 24.0. The van der Waals surface area contributed by atoms with E-state index in [1.54, 1.807) is 23.1 Å². The van der Waals surface area contributed by atoms with E-state index in [1.165, 1.54) is 0 Å². The first-order valence-corrected chi connectivity index (χ1v) is 9.37. The normalized spacial score (nSPS) is 15.1. The van der Waals surface area contributed by atoms with Crippen LogP contribution in [0.15, 0.2) is 33.4 Å². The Morgan fingerprint density at radius 1 is 1.39 bits per heavy atom. The Kier molecular flexibility index (Phi) is 5.27. The van der Waals surface area contributed by atoms with Crippen molar-refractivity contribution in [1.29, 1.82) is 0 Å². The van der Waals surface area contributed by atoms with Crippen molar-refractivity contribution in [3.63, 3.8) is 0 Å². The van der Waals surface area contributed by atoms with Gasteiger partial charge < -0.3 is 24.7 Å². The number of hydrogen-bond donors (Lipinski definition) is 3. The number of hydrogen-bond acceptors (Lipinski definition) is 7. The Bertz CT molecular complexity index is 951. The van der Waals surface area contributed by atoms with Crippen molar-refractivity contribution in [2.45, 2.75) is 32.2 Å². The smallest absolute Gasteiger partial charge is 0.295 e. The third kappa shape index (κ3) is 3.71. The number of carbonyl (C=O) groups excluding carboxylic acids is 1. The zero-order chi connectivity index (χ0) is 19.5. The Morgan fingerprint density at radius 2 is 2.21 bits per heavy atom. The Hall–Kier alpha value is -2.91. The fourth-order valence-corrected chi connectivity index (χ4v) is 3.45. The molecule has 9 nitrogen and oxygen atoms in total. The first kappa shape index (κ1) is 18.5. The fraction of sp³-hybridized carbons (Fsp3) is 0.421. The molecule has 3 aromatic rings. The van der Waals surface area contributed by atoms with Gasteiger partial charge in [-0.15, -0.1) is 0 Å². The Morgan fingerprint density at radius 3 is 2.93 bits per heavy atom. The molecule has 1 amide bonds. The van der Waals surface area contributed by atoms with Gasteiger partial charge in [0.25, 0.3) is 5.91 Å². The van der Waals surface area contributed by atoms with Crippen LogP contribution in [0.1, 0.15) is 40.8 Å². The van der Waals surface area contributed by atoms with E-state index >= 15 is 0 Å². The molecule has 0 aliphatic carbocycles. The molecule has 0 bridgehead atoms. The molecule has 1 fully saturated rings. The van der Waals surface area contributed by atoms with Crippen LogP contribution in [0.25, 0.3) is 11.3 Å². The molecule has 0 aromatic carbocycles. The average Bonchev–Trinajstić information content (AvgIpc) is 3.43. The van der Waals surface area contributed by atoms with Crippen LogP contribution in [0.3, 0.4) is 0 Å². The summed E-state index contributed by atoms with van der Waals surface area (Å²) < 4.78 is 12.1. The van der Waals surface area contributed by atoms with E-state index in [0.717, 1.165) is 42.9 Å². The average molecular weight is 385 g/mol. The summed E-state index contributed by atoms with van der Waals surface area (Å²) in [6, 6.07) is 5.27. The molecule has 28 heavy (non-hydrogen) atoms. The highest BCUT2D eigenvalue weighted by Crippen LogP contribution is 2.27. The molecule has 1 aliphatic heterocycles. The molecule has 9 heteroatoms. The number of carbonyl (C=O) groups is 1. The number of anilines is 1. The van der Waals surface area contributed by atoms with Gasteiger partial charge in [0.15, 0.2) is 0 Å². The number of aromatic nitrogens is 3. The summed E-state index contributed by atoms with van der Waals surface area (Å²) in [5.74, 6) is 1.26. The number of piperidine rings is 1. The molecular formula is C19H23N5O4. The highest BCUT2D eigenvalue weighted by atomic mass is 16.5. The molecule has 4 heterocycles. The van der Waals surface area contributed by atoms with Gasteiger partial charge in [0.05, 0.1) is 30.8 Å². The number of rotatable bonds is 6. The van der Waals surface area contributed by atoms with Crippen LogP contribution in [0.2, 0.25) is 0 Å². The maximum atomic E-state index is 12.7. The van der Waals surface area contributed by atoms with Gasteiger partial charge >= 0.3 is 0 Å². The van der Waals surface area contributed by atoms with E-state index in [-0.39, 0.29) is 18.9 Å². The summed E-state index contributed by atoms with van der Waals surface area (Å²) in [7, 11) is 0. The molecule has 0 saturated carbocycles. The van der Waals surface area contributed by atoms with Crippen LogP contribution < -0.4 is 10.6 Å². The molecule has 0 atom stereocenters. The highest BCUT2D eigenvalue weighted by Gasteiger charge is 2.22. The molecule has 1 saturated heterocycles. The van der Waals surface area contributed by atoms with E-state index in [2.05, 4.69) is 20.9 Å². The SMILES string of the molecule is Cc1occc1-c1cc(NC(=O)c2cc(C3CCNCC3)no2)n(CCO)n1. The predicted molar refractivity (Wildman–Crippen MR) is 101 cm³/mol. The maximum Gasteiger partial charge on any atom is 0.295 e. The zero-order valence-electron chi connectivity index (χ0n) is 15.6. The minimum absolute atomic E-state index is 0.101. The van der Waals surface area contributed by atoms with Crippen molar-refractivity contribution in [1.82, 2.24) is 20.3 Å². The van der Waals surface area contributed by atoms with Gasteiger partial charge in [-0.1, -0.05) is 5.16 Å². The number of nitrogens with one attached hydrogen (secondary N) is 2. The van der Waals surface area contributed by atoms with Gasteiger partial charge in [0.1, 0.15) is 11.6 Å². The third-order valence-corrected chi connectivity index (χ3v) is 4.98. The van der Waals surface area contributed by atoms with Crippen LogP contribution in [0.4, 0.5) is 5.82 Å². The van der Waals surface area contributed by atoms with Crippen molar-refractivity contribution >= 4 is 11.7 Å². The molecule has 148 valence electrons. The number of furan rings is 1. The molecule has 3 N–H and O–H groups in total. The second-order valence-corrected chi connectivity index (χ2v) is 6.85. The van der Waals surface area contributed by atoms with E-state index in [9.17, 15) is 9.90 Å². The summed E-state index contributed by atoms with van der Waals surface area (Å²) in [6.07, 6.45) is 3.54. The molecular weight excluding hydrogens is 362 g/mol. The summed E-state index contributed by atoms with van der Waals surface area (Å²) in [6.45, 7) is 3.88. The van der Waals surface area contributed by atoms with Crippen molar-refractivity contribution < 1.29 is 18.8 Å². The Labute approximate surface area is 161 Å². The summed E-state index contributed by atoms with van der Waals surface area (Å²) >= 11 is 0. The van der Waals surface area contributed by atoms with Crippen LogP contribution in [-0.2, 0) is 6.54 Å². The van der Waals surface area contributed by atoms with Crippen molar-refractivity contribution in [2.24, 2.45) is 0 Å². The molecule has 0 unspecified atom stereocenters. The first-order chi connectivity index (χ1) is 13.7. The van der Waals surface area contributed by atoms with Crippen molar-refractivity contribution in [2.75, 3.05) is 25.0 Å². The van der Waals surface area contributed by atoms with Crippen LogP contribution in [-0.4, -0.2) is 45.6 Å². The lowest BCUT2D eigenvalue weighted by Crippen LogP contribution is -2.26. The van der Waals surface area contributed by atoms with Gasteiger partial charge in [0.2, 0.25) is 5.76 Å². The molecule has 1 aliphatic rings. The van der Waals surface area contributed by atoms with Gasteiger partial charge in [-0.3, -0.25) is 4.79 Å². The van der Waals surface area contributed by atoms with Crippen LogP contribution in [0, 0.1) is 6.92 Å². The molecule has 4 rings (SSSR count). The topological polar surface area (TPSA) is 118 Å². The van der Waals surface area contributed by atoms with Crippen LogP contribution >= 0.6 is 0 Å².